The second-order valence-corrected chi connectivity index (χ2v) is 3.45. The van der Waals surface area contributed by atoms with Crippen LogP contribution in [0.5, 0.6) is 0 Å². The Bertz CT molecular complexity index is 142. The lowest BCUT2D eigenvalue weighted by molar-refractivity contribution is 0.442. The maximum absolute atomic E-state index is 3.93. The minimum atomic E-state index is 0.787. The number of rotatable bonds is 3. The second-order valence-electron chi connectivity index (χ2n) is 3.45. The average molecular weight is 154 g/mol. The maximum Gasteiger partial charge on any atom is 0.00344 e. The number of nitrogens with one attached hydrogen (secondary N) is 2. The minimum Gasteiger partial charge on any atom is -0.392 e. The van der Waals surface area contributed by atoms with E-state index in [2.05, 4.69) is 24.1 Å². The first-order valence-electron chi connectivity index (χ1n) is 4.30. The van der Waals surface area contributed by atoms with Crippen LogP contribution in [0.1, 0.15) is 13.3 Å². The van der Waals surface area contributed by atoms with Crippen LogP contribution in [0.4, 0.5) is 0 Å². The summed E-state index contributed by atoms with van der Waals surface area (Å²) < 4.78 is 0. The molecule has 2 heteroatoms. The van der Waals surface area contributed by atoms with Crippen LogP contribution >= 0.6 is 0 Å². The fourth-order valence-corrected chi connectivity index (χ4v) is 1.56. The van der Waals surface area contributed by atoms with Gasteiger partial charge in [0.2, 0.25) is 0 Å². The summed E-state index contributed by atoms with van der Waals surface area (Å²) in [4.78, 5) is 0. The standard InChI is InChI=1S/C9H18N2/c1-7-5-11-6-9(7)4-8(2)10-3/h7,9-11H,2,4-6H2,1,3H3. The van der Waals surface area contributed by atoms with Gasteiger partial charge in [0.15, 0.2) is 0 Å². The highest BCUT2D eigenvalue weighted by Gasteiger charge is 2.22. The zero-order valence-electron chi connectivity index (χ0n) is 7.48. The molecule has 1 fully saturated rings. The predicted octanol–water partition coefficient (Wildman–Crippen LogP) is 0.965. The minimum absolute atomic E-state index is 0.787. The van der Waals surface area contributed by atoms with Crippen LogP contribution in [0.3, 0.4) is 0 Å². The van der Waals surface area contributed by atoms with Gasteiger partial charge in [0, 0.05) is 12.7 Å². The van der Waals surface area contributed by atoms with Gasteiger partial charge in [-0.2, -0.15) is 0 Å². The van der Waals surface area contributed by atoms with Crippen molar-refractivity contribution in [1.29, 1.82) is 0 Å². The van der Waals surface area contributed by atoms with Gasteiger partial charge in [-0.3, -0.25) is 0 Å². The highest BCUT2D eigenvalue weighted by molar-refractivity contribution is 4.95. The molecule has 2 atom stereocenters. The summed E-state index contributed by atoms with van der Waals surface area (Å²) in [6.45, 7) is 8.55. The fourth-order valence-electron chi connectivity index (χ4n) is 1.56. The van der Waals surface area contributed by atoms with Crippen LogP contribution in [0.15, 0.2) is 12.3 Å². The highest BCUT2D eigenvalue weighted by atomic mass is 14.9. The van der Waals surface area contributed by atoms with Gasteiger partial charge >= 0.3 is 0 Å². The van der Waals surface area contributed by atoms with Crippen molar-refractivity contribution in [1.82, 2.24) is 10.6 Å². The van der Waals surface area contributed by atoms with Gasteiger partial charge < -0.3 is 10.6 Å². The summed E-state index contributed by atoms with van der Waals surface area (Å²) in [5, 5.41) is 6.47. The molecule has 1 rings (SSSR count). The molecule has 0 aromatic rings. The first-order valence-corrected chi connectivity index (χ1v) is 4.30. The third-order valence-electron chi connectivity index (χ3n) is 2.54. The van der Waals surface area contributed by atoms with Crippen molar-refractivity contribution < 1.29 is 0 Å². The topological polar surface area (TPSA) is 24.1 Å². The number of hydrogen-bond acceptors (Lipinski definition) is 2. The van der Waals surface area contributed by atoms with Crippen LogP contribution < -0.4 is 10.6 Å². The van der Waals surface area contributed by atoms with Gasteiger partial charge in [-0.15, -0.1) is 0 Å². The van der Waals surface area contributed by atoms with E-state index in [1.165, 1.54) is 6.54 Å². The Morgan fingerprint density at radius 1 is 1.64 bits per heavy atom. The first kappa shape index (κ1) is 8.60. The molecule has 0 radical (unpaired) electrons. The van der Waals surface area contributed by atoms with Gasteiger partial charge in [0.1, 0.15) is 0 Å². The summed E-state index contributed by atoms with van der Waals surface area (Å²) in [6.07, 6.45) is 1.12. The third kappa shape index (κ3) is 2.22. The Labute approximate surface area is 69.1 Å². The Kier molecular flexibility index (Phi) is 2.94. The normalized spacial score (nSPS) is 30.4. The molecule has 0 spiro atoms. The van der Waals surface area contributed by atoms with Crippen molar-refractivity contribution in [3.63, 3.8) is 0 Å². The lowest BCUT2D eigenvalue weighted by Gasteiger charge is -2.14. The van der Waals surface area contributed by atoms with E-state index in [1.54, 1.807) is 0 Å². The molecule has 2 N–H and O–H groups in total. The SMILES string of the molecule is C=C(CC1CNCC1C)NC. The summed E-state index contributed by atoms with van der Waals surface area (Å²) in [5.41, 5.74) is 1.16. The van der Waals surface area contributed by atoms with Crippen LogP contribution in [-0.2, 0) is 0 Å². The zero-order chi connectivity index (χ0) is 8.27. The third-order valence-corrected chi connectivity index (χ3v) is 2.54. The molecule has 0 aromatic heterocycles. The Morgan fingerprint density at radius 3 is 2.82 bits per heavy atom. The summed E-state index contributed by atoms with van der Waals surface area (Å²) in [5.74, 6) is 1.59. The summed E-state index contributed by atoms with van der Waals surface area (Å²) >= 11 is 0. The zero-order valence-corrected chi connectivity index (χ0v) is 7.48. The molecule has 64 valence electrons. The molecule has 0 saturated carbocycles. The monoisotopic (exact) mass is 154 g/mol. The van der Waals surface area contributed by atoms with Crippen molar-refractivity contribution in [3.05, 3.63) is 12.3 Å². The van der Waals surface area contributed by atoms with Gasteiger partial charge in [0.05, 0.1) is 0 Å². The second kappa shape index (κ2) is 3.77. The molecular formula is C9H18N2. The first-order chi connectivity index (χ1) is 5.24. The van der Waals surface area contributed by atoms with E-state index in [0.29, 0.717) is 0 Å². The molecule has 2 unspecified atom stereocenters. The van der Waals surface area contributed by atoms with Crippen molar-refractivity contribution in [2.75, 3.05) is 20.1 Å². The molecule has 0 amide bonds. The molecule has 1 aliphatic heterocycles. The molecule has 2 nitrogen and oxygen atoms in total. The fraction of sp³-hybridized carbons (Fsp3) is 0.778. The smallest absolute Gasteiger partial charge is 0.00344 e. The van der Waals surface area contributed by atoms with Crippen LogP contribution in [-0.4, -0.2) is 20.1 Å². The van der Waals surface area contributed by atoms with Crippen molar-refractivity contribution >= 4 is 0 Å². The lowest BCUT2D eigenvalue weighted by Crippen LogP contribution is -2.15. The molecular weight excluding hydrogens is 136 g/mol. The van der Waals surface area contributed by atoms with E-state index >= 15 is 0 Å². The van der Waals surface area contributed by atoms with Crippen LogP contribution in [0, 0.1) is 11.8 Å². The number of allylic oxidation sites excluding steroid dienone is 1. The van der Waals surface area contributed by atoms with Crippen LogP contribution in [0.25, 0.3) is 0 Å². The van der Waals surface area contributed by atoms with E-state index in [0.717, 1.165) is 30.5 Å². The van der Waals surface area contributed by atoms with Crippen molar-refractivity contribution in [2.24, 2.45) is 11.8 Å². The summed E-state index contributed by atoms with van der Waals surface area (Å²) in [7, 11) is 1.94. The van der Waals surface area contributed by atoms with E-state index in [-0.39, 0.29) is 0 Å². The maximum atomic E-state index is 3.93. The predicted molar refractivity (Wildman–Crippen MR) is 48.3 cm³/mol. The van der Waals surface area contributed by atoms with Crippen molar-refractivity contribution in [3.8, 4) is 0 Å². The van der Waals surface area contributed by atoms with Crippen molar-refractivity contribution in [2.45, 2.75) is 13.3 Å². The molecule has 1 heterocycles. The van der Waals surface area contributed by atoms with Gasteiger partial charge in [-0.1, -0.05) is 13.5 Å². The largest absolute Gasteiger partial charge is 0.392 e. The van der Waals surface area contributed by atoms with E-state index < -0.39 is 0 Å². The number of hydrogen-bond donors (Lipinski definition) is 2. The van der Waals surface area contributed by atoms with Gasteiger partial charge in [-0.05, 0) is 31.3 Å². The molecule has 0 aromatic carbocycles. The Hall–Kier alpha value is -0.500. The molecule has 0 aliphatic carbocycles. The Morgan fingerprint density at radius 2 is 2.36 bits per heavy atom. The van der Waals surface area contributed by atoms with Crippen LogP contribution in [0.2, 0.25) is 0 Å². The Balaban J connectivity index is 2.30. The molecule has 0 bridgehead atoms. The molecule has 11 heavy (non-hydrogen) atoms. The van der Waals surface area contributed by atoms with Gasteiger partial charge in [0.25, 0.3) is 0 Å². The average Bonchev–Trinajstić information content (AvgIpc) is 2.37. The van der Waals surface area contributed by atoms with E-state index in [4.69, 9.17) is 0 Å². The van der Waals surface area contributed by atoms with Gasteiger partial charge in [-0.25, -0.2) is 0 Å². The molecule has 1 saturated heterocycles. The summed E-state index contributed by atoms with van der Waals surface area (Å²) in [6, 6.07) is 0. The molecule has 1 aliphatic rings. The highest BCUT2D eigenvalue weighted by Crippen LogP contribution is 2.21. The quantitative estimate of drug-likeness (QED) is 0.633. The van der Waals surface area contributed by atoms with E-state index in [1.807, 2.05) is 7.05 Å². The lowest BCUT2D eigenvalue weighted by atomic mass is 9.94. The van der Waals surface area contributed by atoms with E-state index in [9.17, 15) is 0 Å².